The molecule has 5 rings (SSSR count). The van der Waals surface area contributed by atoms with E-state index in [4.69, 9.17) is 5.10 Å². The lowest BCUT2D eigenvalue weighted by Gasteiger charge is -2.60. The van der Waals surface area contributed by atoms with Crippen LogP contribution < -0.4 is 0 Å². The Labute approximate surface area is 177 Å². The first-order chi connectivity index (χ1) is 14.3. The summed E-state index contributed by atoms with van der Waals surface area (Å²) in [5, 5.41) is 4.82. The molecule has 1 saturated carbocycles. The minimum absolute atomic E-state index is 0.192. The summed E-state index contributed by atoms with van der Waals surface area (Å²) >= 11 is 0. The molecule has 0 radical (unpaired) electrons. The Bertz CT molecular complexity index is 1130. The Morgan fingerprint density at radius 3 is 2.53 bits per heavy atom. The van der Waals surface area contributed by atoms with E-state index < -0.39 is 0 Å². The largest absolute Gasteiger partial charge is 0.370 e. The van der Waals surface area contributed by atoms with E-state index in [9.17, 15) is 4.39 Å². The van der Waals surface area contributed by atoms with Gasteiger partial charge in [-0.15, -0.1) is 0 Å². The molecule has 0 unspecified atom stereocenters. The van der Waals surface area contributed by atoms with Gasteiger partial charge in [-0.05, 0) is 69.0 Å². The van der Waals surface area contributed by atoms with E-state index in [2.05, 4.69) is 61.2 Å². The van der Waals surface area contributed by atoms with E-state index >= 15 is 0 Å². The van der Waals surface area contributed by atoms with Crippen LogP contribution in [0.1, 0.15) is 46.8 Å². The predicted octanol–water partition coefficient (Wildman–Crippen LogP) is 5.79. The third kappa shape index (κ3) is 3.06. The van der Waals surface area contributed by atoms with Crippen LogP contribution in [-0.4, -0.2) is 27.8 Å². The first-order valence-corrected chi connectivity index (χ1v) is 10.7. The summed E-state index contributed by atoms with van der Waals surface area (Å²) in [5.41, 5.74) is 7.82. The maximum atomic E-state index is 14.1. The van der Waals surface area contributed by atoms with Crippen LogP contribution in [0.2, 0.25) is 0 Å². The van der Waals surface area contributed by atoms with Gasteiger partial charge in [-0.3, -0.25) is 0 Å². The van der Waals surface area contributed by atoms with Gasteiger partial charge in [-0.2, -0.15) is 5.10 Å². The maximum Gasteiger partial charge on any atom is 0.132 e. The van der Waals surface area contributed by atoms with Crippen molar-refractivity contribution in [2.24, 2.45) is 5.41 Å². The number of likely N-dealkylation sites (tertiary alicyclic amines) is 1. The lowest BCUT2D eigenvalue weighted by atomic mass is 9.56. The van der Waals surface area contributed by atoms with Crippen molar-refractivity contribution in [2.75, 3.05) is 13.1 Å². The molecular weight excluding hydrogens is 373 g/mol. The number of nitrogens with zero attached hydrogens (tertiary/aromatic N) is 3. The van der Waals surface area contributed by atoms with Crippen molar-refractivity contribution in [3.63, 3.8) is 0 Å². The van der Waals surface area contributed by atoms with Crippen molar-refractivity contribution in [2.45, 2.75) is 39.5 Å². The lowest BCUT2D eigenvalue weighted by Crippen LogP contribution is -2.60. The first-order valence-electron chi connectivity index (χ1n) is 10.7. The van der Waals surface area contributed by atoms with Crippen molar-refractivity contribution < 1.29 is 4.39 Å². The molecule has 3 aromatic rings. The number of rotatable bonds is 4. The molecular formula is C26H28FN3. The van der Waals surface area contributed by atoms with E-state index in [1.54, 1.807) is 6.07 Å². The highest BCUT2D eigenvalue weighted by Gasteiger charge is 2.53. The molecule has 0 atom stereocenters. The topological polar surface area (TPSA) is 21.1 Å². The molecule has 1 spiro atoms. The summed E-state index contributed by atoms with van der Waals surface area (Å²) in [4.78, 5) is 2.22. The highest BCUT2D eigenvalue weighted by Crippen LogP contribution is 2.57. The summed E-state index contributed by atoms with van der Waals surface area (Å²) < 4.78 is 16.3. The third-order valence-electron chi connectivity index (χ3n) is 6.85. The van der Waals surface area contributed by atoms with Crippen molar-refractivity contribution in [1.82, 2.24) is 14.7 Å². The first kappa shape index (κ1) is 19.1. The highest BCUT2D eigenvalue weighted by atomic mass is 19.1. The van der Waals surface area contributed by atoms with E-state index in [0.29, 0.717) is 16.9 Å². The van der Waals surface area contributed by atoms with Crippen LogP contribution in [0.5, 0.6) is 0 Å². The van der Waals surface area contributed by atoms with Crippen molar-refractivity contribution >= 4 is 5.70 Å². The molecule has 1 aliphatic heterocycles. The van der Waals surface area contributed by atoms with Gasteiger partial charge in [0.15, 0.2) is 0 Å². The molecule has 3 nitrogen and oxygen atoms in total. The van der Waals surface area contributed by atoms with Gasteiger partial charge in [0.25, 0.3) is 0 Å². The van der Waals surface area contributed by atoms with Crippen LogP contribution in [0.25, 0.3) is 11.4 Å². The average molecular weight is 402 g/mol. The maximum absolute atomic E-state index is 14.1. The molecule has 2 aromatic carbocycles. The Kier molecular flexibility index (Phi) is 4.35. The minimum Gasteiger partial charge on any atom is -0.370 e. The number of hydrogen-bond acceptors (Lipinski definition) is 2. The highest BCUT2D eigenvalue weighted by molar-refractivity contribution is 5.63. The van der Waals surface area contributed by atoms with Crippen molar-refractivity contribution in [3.8, 4) is 5.69 Å². The van der Waals surface area contributed by atoms with Crippen LogP contribution in [0.4, 0.5) is 4.39 Å². The van der Waals surface area contributed by atoms with Gasteiger partial charge >= 0.3 is 0 Å². The Hall–Kier alpha value is -2.88. The number of aromatic nitrogens is 2. The fraction of sp³-hybridized carbons (Fsp3) is 0.346. The van der Waals surface area contributed by atoms with Gasteiger partial charge in [0.1, 0.15) is 5.82 Å². The summed E-state index contributed by atoms with van der Waals surface area (Å²) in [5.74, 6) is 0.331. The zero-order valence-electron chi connectivity index (χ0n) is 18.0. The molecule has 0 N–H and O–H groups in total. The molecule has 0 amide bonds. The van der Waals surface area contributed by atoms with Crippen LogP contribution in [-0.2, 0) is 0 Å². The molecule has 1 saturated heterocycles. The van der Waals surface area contributed by atoms with E-state index in [1.165, 1.54) is 28.6 Å². The normalized spacial score (nSPS) is 17.7. The monoisotopic (exact) mass is 401 g/mol. The van der Waals surface area contributed by atoms with E-state index in [0.717, 1.165) is 37.3 Å². The van der Waals surface area contributed by atoms with Gasteiger partial charge in [0, 0.05) is 41.4 Å². The van der Waals surface area contributed by atoms with Crippen LogP contribution in [0.3, 0.4) is 0 Å². The Morgan fingerprint density at radius 1 is 1.07 bits per heavy atom. The molecule has 4 heteroatoms. The van der Waals surface area contributed by atoms with Crippen molar-refractivity contribution in [1.29, 1.82) is 0 Å². The SMILES string of the molecule is C=C(c1ccccc1F)N1CC2(CC(c3cc(C)nn3-c3cc(C)ccc3C)C2)C1. The number of benzene rings is 2. The molecule has 2 fully saturated rings. The van der Waals surface area contributed by atoms with E-state index in [-0.39, 0.29) is 5.82 Å². The van der Waals surface area contributed by atoms with Gasteiger partial charge in [0.05, 0.1) is 11.4 Å². The minimum atomic E-state index is -0.192. The average Bonchev–Trinajstić information content (AvgIpc) is 3.03. The zero-order valence-corrected chi connectivity index (χ0v) is 18.0. The number of halogens is 1. The molecule has 2 aliphatic rings. The third-order valence-corrected chi connectivity index (χ3v) is 6.85. The summed E-state index contributed by atoms with van der Waals surface area (Å²) in [6.45, 7) is 12.4. The van der Waals surface area contributed by atoms with Gasteiger partial charge in [-0.1, -0.05) is 30.8 Å². The molecule has 1 aromatic heterocycles. The molecule has 2 heterocycles. The smallest absolute Gasteiger partial charge is 0.132 e. The zero-order chi connectivity index (χ0) is 21.0. The fourth-order valence-corrected chi connectivity index (χ4v) is 5.22. The number of aryl methyl sites for hydroxylation is 3. The number of hydrogen-bond donors (Lipinski definition) is 0. The quantitative estimate of drug-likeness (QED) is 0.552. The molecule has 30 heavy (non-hydrogen) atoms. The fourth-order valence-electron chi connectivity index (χ4n) is 5.22. The summed E-state index contributed by atoms with van der Waals surface area (Å²) in [6, 6.07) is 15.7. The lowest BCUT2D eigenvalue weighted by molar-refractivity contribution is -0.0412. The van der Waals surface area contributed by atoms with Crippen LogP contribution >= 0.6 is 0 Å². The summed E-state index contributed by atoms with van der Waals surface area (Å²) in [6.07, 6.45) is 2.31. The molecule has 1 aliphatic carbocycles. The second-order valence-corrected chi connectivity index (χ2v) is 9.30. The Morgan fingerprint density at radius 2 is 1.80 bits per heavy atom. The van der Waals surface area contributed by atoms with Gasteiger partial charge in [0.2, 0.25) is 0 Å². The predicted molar refractivity (Wildman–Crippen MR) is 119 cm³/mol. The van der Waals surface area contributed by atoms with Crippen molar-refractivity contribution in [3.05, 3.63) is 89.0 Å². The second kappa shape index (κ2) is 6.83. The van der Waals surface area contributed by atoms with Crippen LogP contribution in [0, 0.1) is 32.0 Å². The van der Waals surface area contributed by atoms with Crippen LogP contribution in [0.15, 0.2) is 55.1 Å². The second-order valence-electron chi connectivity index (χ2n) is 9.30. The molecule has 154 valence electrons. The standard InChI is InChI=1S/C26H28FN3/c1-17-9-10-18(2)24(11-17)30-25(12-19(3)28-30)21-13-26(14-21)15-29(16-26)20(4)22-7-5-6-8-23(22)27/h5-12,21H,4,13-16H2,1-3H3. The Balaban J connectivity index is 1.30. The van der Waals surface area contributed by atoms with Gasteiger partial charge in [-0.25, -0.2) is 9.07 Å². The molecule has 0 bridgehead atoms. The van der Waals surface area contributed by atoms with E-state index in [1.807, 2.05) is 12.1 Å². The van der Waals surface area contributed by atoms with Gasteiger partial charge < -0.3 is 4.90 Å². The summed E-state index contributed by atoms with van der Waals surface area (Å²) in [7, 11) is 0.